The van der Waals surface area contributed by atoms with Gasteiger partial charge in [0.25, 0.3) is 11.1 Å². The summed E-state index contributed by atoms with van der Waals surface area (Å²) in [4.78, 5) is 33.4. The third kappa shape index (κ3) is 22.8. The van der Waals surface area contributed by atoms with Gasteiger partial charge in [0.1, 0.15) is 35.5 Å². The van der Waals surface area contributed by atoms with Gasteiger partial charge in [0.2, 0.25) is 0 Å². The van der Waals surface area contributed by atoms with E-state index in [1.165, 1.54) is 72.9 Å². The van der Waals surface area contributed by atoms with Gasteiger partial charge in [-0.05, 0) is 74.7 Å². The lowest BCUT2D eigenvalue weighted by atomic mass is 10.0. The highest BCUT2D eigenvalue weighted by Crippen LogP contribution is 2.22. The number of nitrogens with zero attached hydrogens (tertiary/aromatic N) is 4. The van der Waals surface area contributed by atoms with E-state index >= 15 is 0 Å². The third-order valence-electron chi connectivity index (χ3n) is 7.98. The molecule has 0 bridgehead atoms. The molecule has 0 aliphatic rings. The molecular weight excluding hydrogens is 766 g/mol. The van der Waals surface area contributed by atoms with Crippen LogP contribution in [-0.4, -0.2) is 70.1 Å². The predicted molar refractivity (Wildman–Crippen MR) is 218 cm³/mol. The summed E-state index contributed by atoms with van der Waals surface area (Å²) in [5.74, 6) is -0.495. The fourth-order valence-corrected chi connectivity index (χ4v) is 4.92. The minimum atomic E-state index is -1.06. The number of rotatable bonds is 20. The molecule has 3 atom stereocenters. The fraction of sp³-hybridized carbons (Fsp3) is 0.442. The molecular formula is C43H56ClN5O9. The molecule has 58 heavy (non-hydrogen) atoms. The van der Waals surface area contributed by atoms with Crippen LogP contribution in [-0.2, 0) is 14.4 Å². The van der Waals surface area contributed by atoms with Crippen molar-refractivity contribution < 1.29 is 44.1 Å². The normalized spacial score (nSPS) is 11.3. The Labute approximate surface area is 347 Å². The van der Waals surface area contributed by atoms with Crippen molar-refractivity contribution in [3.63, 3.8) is 0 Å². The summed E-state index contributed by atoms with van der Waals surface area (Å²) in [7, 11) is 2.73. The number of likely N-dealkylation sites (N-methyl/N-ethyl adjacent to an activating group) is 1. The maximum atomic E-state index is 12.2. The van der Waals surface area contributed by atoms with E-state index in [1.807, 2.05) is 12.1 Å². The van der Waals surface area contributed by atoms with Gasteiger partial charge in [-0.15, -0.1) is 0 Å². The first kappa shape index (κ1) is 52.3. The number of amides is 1. The van der Waals surface area contributed by atoms with Gasteiger partial charge < -0.3 is 24.5 Å². The third-order valence-corrected chi connectivity index (χ3v) is 8.29. The van der Waals surface area contributed by atoms with Crippen LogP contribution < -0.4 is 19.7 Å². The number of carbonyl (C=O) groups is 3. The van der Waals surface area contributed by atoms with E-state index in [4.69, 9.17) is 51.9 Å². The van der Waals surface area contributed by atoms with E-state index in [1.54, 1.807) is 78.3 Å². The monoisotopic (exact) mass is 821 g/mol. The van der Waals surface area contributed by atoms with Gasteiger partial charge in [0, 0.05) is 14.1 Å². The zero-order chi connectivity index (χ0) is 43.7. The van der Waals surface area contributed by atoms with Crippen LogP contribution in [0.5, 0.6) is 17.2 Å². The van der Waals surface area contributed by atoms with E-state index < -0.39 is 35.4 Å². The van der Waals surface area contributed by atoms with Gasteiger partial charge in [-0.3, -0.25) is 14.8 Å². The van der Waals surface area contributed by atoms with Gasteiger partial charge in [-0.1, -0.05) is 101 Å². The number of carboxylic acids is 1. The fourth-order valence-electron chi connectivity index (χ4n) is 4.87. The summed E-state index contributed by atoms with van der Waals surface area (Å²) >= 11 is 5.23. The zero-order valence-corrected chi connectivity index (χ0v) is 34.7. The number of carboxylic acid groups (broad SMARTS) is 1. The minimum Gasteiger partial charge on any atom is -0.480 e. The molecule has 3 unspecified atom stereocenters. The van der Waals surface area contributed by atoms with Gasteiger partial charge in [0.05, 0.1) is 16.7 Å². The summed E-state index contributed by atoms with van der Waals surface area (Å²) in [6, 6.07) is 26.0. The van der Waals surface area contributed by atoms with Crippen LogP contribution in [0.3, 0.4) is 0 Å². The van der Waals surface area contributed by atoms with Gasteiger partial charge in [-0.25, -0.2) is 15.3 Å². The molecule has 314 valence electrons. The van der Waals surface area contributed by atoms with E-state index in [2.05, 4.69) is 13.0 Å². The molecule has 0 aromatic heterocycles. The molecule has 3 rings (SSSR count). The number of unbranched alkanes of at least 4 members (excludes halogenated alkanes) is 9. The SMILES string of the molecule is CC(Oc1ccccc1C#N)C(=O)Cl.CC(Oc1ccccc1C#N)C(=O)O.CCCCCCCCCCCCC(Oc1ccccc1C#N)C(=O)N(C)O.CNO. The molecule has 3 aromatic carbocycles. The quantitative estimate of drug-likeness (QED) is 0.0363. The first-order valence-electron chi connectivity index (χ1n) is 19.0. The molecule has 0 fully saturated rings. The second-order valence-electron chi connectivity index (χ2n) is 12.6. The number of hydroxylamine groups is 3. The molecule has 3 aromatic rings. The maximum absolute atomic E-state index is 12.2. The Kier molecular flexibility index (Phi) is 29.2. The lowest BCUT2D eigenvalue weighted by molar-refractivity contribution is -0.167. The first-order valence-corrected chi connectivity index (χ1v) is 19.4. The Morgan fingerprint density at radius 1 is 0.690 bits per heavy atom. The standard InChI is InChI=1S/C22H34N2O3.C10H8ClNO2.C10H9NO3.CH5NO/c1-3-4-5-6-7-8-9-10-11-12-17-21(22(25)24(2)26)27-20-16-14-13-15-19(20)18-23;1-7(10(11)13)14-9-5-3-2-4-8(9)6-12;1-7(10(12)13)14-9-5-3-2-4-8(9)6-11;1-2-3/h13-16,21,26H,3-12,17H2,1-2H3;2-5,7H,1H3;2-5,7H,1H3,(H,12,13);2-3H,1H3. The lowest BCUT2D eigenvalue weighted by Gasteiger charge is -2.21. The van der Waals surface area contributed by atoms with Crippen LogP contribution in [0.2, 0.25) is 0 Å². The smallest absolute Gasteiger partial charge is 0.344 e. The number of ether oxygens (including phenoxy) is 3. The summed E-state index contributed by atoms with van der Waals surface area (Å²) < 4.78 is 16.0. The number of aliphatic carboxylic acids is 1. The molecule has 1 amide bonds. The number of carbonyl (C=O) groups excluding carboxylic acids is 2. The average molecular weight is 822 g/mol. The summed E-state index contributed by atoms with van der Waals surface area (Å²) in [5.41, 5.74) is 2.86. The van der Waals surface area contributed by atoms with Crippen LogP contribution in [0.1, 0.15) is 108 Å². The van der Waals surface area contributed by atoms with Crippen LogP contribution >= 0.6 is 11.6 Å². The molecule has 0 radical (unpaired) electrons. The summed E-state index contributed by atoms with van der Waals surface area (Å²) in [6.45, 7) is 5.18. The molecule has 0 heterocycles. The van der Waals surface area contributed by atoms with Crippen LogP contribution in [0.25, 0.3) is 0 Å². The number of nitrogens with one attached hydrogen (secondary N) is 1. The summed E-state index contributed by atoms with van der Waals surface area (Å²) in [5, 5.41) is 52.0. The molecule has 0 aliphatic carbocycles. The number of para-hydroxylation sites is 3. The van der Waals surface area contributed by atoms with Gasteiger partial charge in [0.15, 0.2) is 18.3 Å². The molecule has 0 aliphatic heterocycles. The van der Waals surface area contributed by atoms with Crippen molar-refractivity contribution in [3.05, 3.63) is 89.5 Å². The number of hydrogen-bond donors (Lipinski definition) is 4. The summed E-state index contributed by atoms with van der Waals surface area (Å²) in [6.07, 6.45) is 10.2. The Bertz CT molecular complexity index is 1700. The van der Waals surface area contributed by atoms with E-state index in [0.717, 1.165) is 19.3 Å². The maximum Gasteiger partial charge on any atom is 0.344 e. The van der Waals surface area contributed by atoms with E-state index in [9.17, 15) is 19.6 Å². The van der Waals surface area contributed by atoms with Crippen molar-refractivity contribution in [3.8, 4) is 35.5 Å². The Balaban J connectivity index is 0.000000880. The van der Waals surface area contributed by atoms with Crippen molar-refractivity contribution in [2.24, 2.45) is 0 Å². The highest BCUT2D eigenvalue weighted by Gasteiger charge is 2.24. The van der Waals surface area contributed by atoms with E-state index in [-0.39, 0.29) is 0 Å². The molecule has 14 nitrogen and oxygen atoms in total. The Morgan fingerprint density at radius 3 is 1.38 bits per heavy atom. The van der Waals surface area contributed by atoms with Crippen molar-refractivity contribution >= 4 is 28.7 Å². The second-order valence-corrected chi connectivity index (χ2v) is 13.0. The molecule has 4 N–H and O–H groups in total. The topological polar surface area (TPSA) is 226 Å². The van der Waals surface area contributed by atoms with Crippen molar-refractivity contribution in [2.75, 3.05) is 14.1 Å². The lowest BCUT2D eigenvalue weighted by Crippen LogP contribution is -2.38. The second kappa shape index (κ2) is 32.4. The van der Waals surface area contributed by atoms with Crippen molar-refractivity contribution in [1.82, 2.24) is 10.5 Å². The molecule has 0 saturated carbocycles. The van der Waals surface area contributed by atoms with Crippen LogP contribution in [0.15, 0.2) is 72.8 Å². The van der Waals surface area contributed by atoms with Crippen LogP contribution in [0.4, 0.5) is 0 Å². The van der Waals surface area contributed by atoms with Gasteiger partial charge >= 0.3 is 5.97 Å². The Morgan fingerprint density at radius 2 is 1.03 bits per heavy atom. The minimum absolute atomic E-state index is 0.296. The molecule has 0 spiro atoms. The Hall–Kier alpha value is -5.69. The van der Waals surface area contributed by atoms with Crippen LogP contribution in [0, 0.1) is 34.0 Å². The number of hydrogen-bond acceptors (Lipinski definition) is 12. The van der Waals surface area contributed by atoms with Crippen molar-refractivity contribution in [2.45, 2.75) is 110 Å². The highest BCUT2D eigenvalue weighted by molar-refractivity contribution is 6.64. The van der Waals surface area contributed by atoms with E-state index in [0.29, 0.717) is 45.4 Å². The predicted octanol–water partition coefficient (Wildman–Crippen LogP) is 8.56. The first-order chi connectivity index (χ1) is 27.8. The molecule has 0 saturated heterocycles. The van der Waals surface area contributed by atoms with Gasteiger partial charge in [-0.2, -0.15) is 15.8 Å². The zero-order valence-electron chi connectivity index (χ0n) is 33.9. The highest BCUT2D eigenvalue weighted by atomic mass is 35.5. The average Bonchev–Trinajstić information content (AvgIpc) is 3.22. The number of benzene rings is 3. The number of nitriles is 3. The largest absolute Gasteiger partial charge is 0.480 e. The number of halogens is 1. The van der Waals surface area contributed by atoms with Crippen molar-refractivity contribution in [1.29, 1.82) is 15.8 Å². The molecule has 15 heteroatoms.